The van der Waals surface area contributed by atoms with Crippen molar-refractivity contribution in [1.29, 1.82) is 0 Å². The molecule has 0 aliphatic carbocycles. The fraction of sp³-hybridized carbons (Fsp3) is 0.167. The van der Waals surface area contributed by atoms with Crippen molar-refractivity contribution in [3.8, 4) is 0 Å². The standard InChI is InChI=1S/C6H9N3/c7-5-6-8-3-1-2-4-9-6/h1-4H,5,7H2,(H,8,9). The average molecular weight is 123 g/mol. The first kappa shape index (κ1) is 6.04. The predicted molar refractivity (Wildman–Crippen MR) is 37.9 cm³/mol. The molecule has 3 heteroatoms. The van der Waals surface area contributed by atoms with Crippen LogP contribution >= 0.6 is 0 Å². The minimum Gasteiger partial charge on any atom is -0.349 e. The number of hydrogen-bond donors (Lipinski definition) is 2. The van der Waals surface area contributed by atoms with Crippen LogP contribution in [0, 0.1) is 0 Å². The molecule has 0 aromatic heterocycles. The fourth-order valence-corrected chi connectivity index (χ4v) is 0.531. The Morgan fingerprint density at radius 1 is 1.56 bits per heavy atom. The Kier molecular flexibility index (Phi) is 2.04. The van der Waals surface area contributed by atoms with Crippen LogP contribution in [-0.2, 0) is 0 Å². The molecule has 3 N–H and O–H groups in total. The van der Waals surface area contributed by atoms with Crippen LogP contribution in [0.2, 0.25) is 0 Å². The van der Waals surface area contributed by atoms with Gasteiger partial charge in [0.1, 0.15) is 5.84 Å². The lowest BCUT2D eigenvalue weighted by atomic mass is 10.6. The molecule has 0 saturated heterocycles. The molecule has 0 atom stereocenters. The zero-order valence-electron chi connectivity index (χ0n) is 5.04. The number of rotatable bonds is 1. The van der Waals surface area contributed by atoms with Gasteiger partial charge in [-0.15, -0.1) is 0 Å². The number of amidine groups is 1. The van der Waals surface area contributed by atoms with Gasteiger partial charge in [-0.1, -0.05) is 0 Å². The molecule has 0 unspecified atom stereocenters. The van der Waals surface area contributed by atoms with E-state index in [-0.39, 0.29) is 0 Å². The maximum Gasteiger partial charge on any atom is 0.119 e. The lowest BCUT2D eigenvalue weighted by Crippen LogP contribution is -2.25. The highest BCUT2D eigenvalue weighted by Crippen LogP contribution is 1.83. The summed E-state index contributed by atoms with van der Waals surface area (Å²) in [7, 11) is 0. The largest absolute Gasteiger partial charge is 0.349 e. The molecule has 1 aliphatic heterocycles. The Balaban J connectivity index is 2.62. The summed E-state index contributed by atoms with van der Waals surface area (Å²) in [6.07, 6.45) is 7.22. The summed E-state index contributed by atoms with van der Waals surface area (Å²) in [5.41, 5.74) is 5.31. The lowest BCUT2D eigenvalue weighted by molar-refractivity contribution is 1.16. The van der Waals surface area contributed by atoms with Crippen molar-refractivity contribution in [3.63, 3.8) is 0 Å². The summed E-state index contributed by atoms with van der Waals surface area (Å²) in [6, 6.07) is 0. The van der Waals surface area contributed by atoms with Gasteiger partial charge in [0.05, 0.1) is 6.54 Å². The Morgan fingerprint density at radius 3 is 3.22 bits per heavy atom. The van der Waals surface area contributed by atoms with Gasteiger partial charge in [0, 0.05) is 12.4 Å². The maximum atomic E-state index is 5.31. The van der Waals surface area contributed by atoms with Crippen LogP contribution < -0.4 is 11.1 Å². The first-order valence-corrected chi connectivity index (χ1v) is 2.78. The normalized spacial score (nSPS) is 16.3. The van der Waals surface area contributed by atoms with Crippen LogP contribution in [0.5, 0.6) is 0 Å². The number of nitrogens with one attached hydrogen (secondary N) is 1. The summed E-state index contributed by atoms with van der Waals surface area (Å²) in [6.45, 7) is 0.453. The van der Waals surface area contributed by atoms with Gasteiger partial charge < -0.3 is 11.1 Å². The summed E-state index contributed by atoms with van der Waals surface area (Å²) >= 11 is 0. The third kappa shape index (κ3) is 1.70. The lowest BCUT2D eigenvalue weighted by Gasteiger charge is -1.97. The van der Waals surface area contributed by atoms with Gasteiger partial charge >= 0.3 is 0 Å². The molecule has 0 saturated carbocycles. The minimum absolute atomic E-state index is 0.453. The van der Waals surface area contributed by atoms with Gasteiger partial charge in [-0.05, 0) is 12.2 Å². The monoisotopic (exact) mass is 123 g/mol. The van der Waals surface area contributed by atoms with Gasteiger partial charge in [-0.25, -0.2) is 4.99 Å². The number of nitrogens with zero attached hydrogens (tertiary/aromatic N) is 1. The van der Waals surface area contributed by atoms with Gasteiger partial charge in [0.25, 0.3) is 0 Å². The molecular formula is C6H9N3. The van der Waals surface area contributed by atoms with Crippen molar-refractivity contribution in [2.24, 2.45) is 10.7 Å². The molecular weight excluding hydrogens is 114 g/mol. The van der Waals surface area contributed by atoms with E-state index in [1.54, 1.807) is 12.4 Å². The van der Waals surface area contributed by atoms with Crippen LogP contribution in [0.3, 0.4) is 0 Å². The molecule has 3 nitrogen and oxygen atoms in total. The number of aliphatic imine (C=N–C) groups is 1. The predicted octanol–water partition coefficient (Wildman–Crippen LogP) is -0.0258. The van der Waals surface area contributed by atoms with Crippen molar-refractivity contribution in [2.45, 2.75) is 0 Å². The molecule has 0 radical (unpaired) electrons. The Hall–Kier alpha value is -1.09. The molecule has 1 aliphatic rings. The van der Waals surface area contributed by atoms with Gasteiger partial charge in [-0.2, -0.15) is 0 Å². The van der Waals surface area contributed by atoms with Crippen LogP contribution in [0.1, 0.15) is 0 Å². The Morgan fingerprint density at radius 2 is 2.44 bits per heavy atom. The zero-order chi connectivity index (χ0) is 6.53. The molecule has 0 amide bonds. The van der Waals surface area contributed by atoms with Crippen molar-refractivity contribution in [2.75, 3.05) is 6.54 Å². The molecule has 1 heterocycles. The topological polar surface area (TPSA) is 50.4 Å². The first-order valence-electron chi connectivity index (χ1n) is 2.78. The number of hydrogen-bond acceptors (Lipinski definition) is 3. The van der Waals surface area contributed by atoms with E-state index < -0.39 is 0 Å². The third-order valence-corrected chi connectivity index (χ3v) is 0.967. The molecule has 48 valence electrons. The highest BCUT2D eigenvalue weighted by molar-refractivity contribution is 5.85. The van der Waals surface area contributed by atoms with E-state index in [0.29, 0.717) is 6.54 Å². The molecule has 0 aromatic rings. The molecule has 0 spiro atoms. The van der Waals surface area contributed by atoms with Crippen LogP contribution in [0.15, 0.2) is 29.5 Å². The SMILES string of the molecule is NCC1=NC=CC=CN1. The molecule has 0 aromatic carbocycles. The quantitative estimate of drug-likeness (QED) is 0.514. The highest BCUT2D eigenvalue weighted by Gasteiger charge is 1.89. The van der Waals surface area contributed by atoms with Crippen molar-refractivity contribution < 1.29 is 0 Å². The number of nitrogens with two attached hydrogens (primary N) is 1. The number of allylic oxidation sites excluding steroid dienone is 2. The smallest absolute Gasteiger partial charge is 0.119 e. The van der Waals surface area contributed by atoms with Gasteiger partial charge in [0.15, 0.2) is 0 Å². The second kappa shape index (κ2) is 3.04. The van der Waals surface area contributed by atoms with Crippen LogP contribution in [0.25, 0.3) is 0 Å². The summed E-state index contributed by atoms with van der Waals surface area (Å²) in [5.74, 6) is 0.792. The van der Waals surface area contributed by atoms with E-state index in [2.05, 4.69) is 10.3 Å². The molecule has 9 heavy (non-hydrogen) atoms. The molecule has 0 fully saturated rings. The highest BCUT2D eigenvalue weighted by atomic mass is 15.0. The van der Waals surface area contributed by atoms with E-state index in [4.69, 9.17) is 5.73 Å². The van der Waals surface area contributed by atoms with Crippen molar-refractivity contribution >= 4 is 5.84 Å². The molecule has 0 bridgehead atoms. The van der Waals surface area contributed by atoms with Crippen LogP contribution in [-0.4, -0.2) is 12.4 Å². The summed E-state index contributed by atoms with van der Waals surface area (Å²) < 4.78 is 0. The van der Waals surface area contributed by atoms with Gasteiger partial charge in [0.2, 0.25) is 0 Å². The maximum absolute atomic E-state index is 5.31. The van der Waals surface area contributed by atoms with Gasteiger partial charge in [-0.3, -0.25) is 0 Å². The Labute approximate surface area is 54.0 Å². The Bertz CT molecular complexity index is 167. The fourth-order valence-electron chi connectivity index (χ4n) is 0.531. The van der Waals surface area contributed by atoms with E-state index >= 15 is 0 Å². The van der Waals surface area contributed by atoms with Crippen LogP contribution in [0.4, 0.5) is 0 Å². The zero-order valence-corrected chi connectivity index (χ0v) is 5.04. The van der Waals surface area contributed by atoms with Crippen molar-refractivity contribution in [3.05, 3.63) is 24.6 Å². The van der Waals surface area contributed by atoms with E-state index in [0.717, 1.165) is 5.84 Å². The first-order chi connectivity index (χ1) is 4.43. The van der Waals surface area contributed by atoms with E-state index in [9.17, 15) is 0 Å². The third-order valence-electron chi connectivity index (χ3n) is 0.967. The second-order valence-corrected chi connectivity index (χ2v) is 1.62. The van der Waals surface area contributed by atoms with E-state index in [1.165, 1.54) is 0 Å². The second-order valence-electron chi connectivity index (χ2n) is 1.62. The van der Waals surface area contributed by atoms with Crippen molar-refractivity contribution in [1.82, 2.24) is 5.32 Å². The summed E-state index contributed by atoms with van der Waals surface area (Å²) in [4.78, 5) is 3.98. The molecule has 1 rings (SSSR count). The summed E-state index contributed by atoms with van der Waals surface area (Å²) in [5, 5.41) is 2.91. The van der Waals surface area contributed by atoms with E-state index in [1.807, 2.05) is 12.2 Å². The minimum atomic E-state index is 0.453. The average Bonchev–Trinajstić information content (AvgIpc) is 2.13.